The predicted molar refractivity (Wildman–Crippen MR) is 198 cm³/mol. The van der Waals surface area contributed by atoms with Crippen molar-refractivity contribution in [2.45, 2.75) is 13.2 Å². The number of nitrogens with zero attached hydrogens (tertiary/aromatic N) is 2. The van der Waals surface area contributed by atoms with Crippen molar-refractivity contribution in [3.63, 3.8) is 0 Å². The normalized spacial score (nSPS) is 16.6. The van der Waals surface area contributed by atoms with Crippen molar-refractivity contribution in [3.8, 4) is 50.2 Å². The van der Waals surface area contributed by atoms with Crippen molar-refractivity contribution in [3.05, 3.63) is 157 Å². The van der Waals surface area contributed by atoms with Gasteiger partial charge in [-0.05, 0) is 101 Å². The lowest BCUT2D eigenvalue weighted by Crippen LogP contribution is -2.00. The molecule has 0 saturated heterocycles. The molecule has 0 spiro atoms. The number of hydrogen-bond acceptors (Lipinski definition) is 1. The van der Waals surface area contributed by atoms with Gasteiger partial charge in [-0.15, -0.1) is 0 Å². The van der Waals surface area contributed by atoms with E-state index in [0.29, 0.717) is 27.8 Å². The van der Waals surface area contributed by atoms with Crippen LogP contribution in [0.1, 0.15) is 30.5 Å². The fourth-order valence-corrected chi connectivity index (χ4v) is 7.36. The van der Waals surface area contributed by atoms with Gasteiger partial charge in [0.2, 0.25) is 0 Å². The van der Waals surface area contributed by atoms with Crippen LogP contribution in [0.25, 0.3) is 93.5 Å². The second-order valence-electron chi connectivity index (χ2n) is 11.6. The molecule has 0 unspecified atom stereocenters. The third-order valence-electron chi connectivity index (χ3n) is 9.28. The average molecular weight is 612 g/mol. The molecule has 10 rings (SSSR count). The molecule has 1 aliphatic rings. The number of para-hydroxylation sites is 2. The maximum atomic E-state index is 9.44. The first-order chi connectivity index (χ1) is 28.5. The smallest absolute Gasteiger partial charge is 0.114 e. The summed E-state index contributed by atoms with van der Waals surface area (Å²) in [6.07, 6.45) is -2.86. The highest BCUT2D eigenvalue weighted by atomic mass is 15.1. The van der Waals surface area contributed by atoms with Crippen LogP contribution in [0.15, 0.2) is 151 Å². The Labute approximate surface area is 291 Å². The van der Waals surface area contributed by atoms with E-state index in [2.05, 4.69) is 4.98 Å². The van der Waals surface area contributed by atoms with Crippen LogP contribution >= 0.6 is 0 Å². The van der Waals surface area contributed by atoms with Crippen molar-refractivity contribution in [2.75, 3.05) is 0 Å². The van der Waals surface area contributed by atoms with Gasteiger partial charge in [-0.2, -0.15) is 0 Å². The Kier molecular flexibility index (Phi) is 3.52. The fourth-order valence-electron chi connectivity index (χ4n) is 7.36. The molecule has 8 aromatic carbocycles. The van der Waals surface area contributed by atoms with E-state index >= 15 is 0 Å². The van der Waals surface area contributed by atoms with Crippen LogP contribution in [-0.4, -0.2) is 9.55 Å². The van der Waals surface area contributed by atoms with E-state index in [0.717, 1.165) is 33.0 Å². The summed E-state index contributed by atoms with van der Waals surface area (Å²) in [4.78, 5) is 4.41. The number of rotatable bonds is 4. The van der Waals surface area contributed by atoms with Crippen LogP contribution < -0.4 is 0 Å². The summed E-state index contributed by atoms with van der Waals surface area (Å²) in [5.41, 5.74) is 6.50. The Hall–Kier alpha value is -5.99. The van der Waals surface area contributed by atoms with Gasteiger partial charge in [-0.25, -0.2) is 4.98 Å². The highest BCUT2D eigenvalue weighted by Gasteiger charge is 2.24. The van der Waals surface area contributed by atoms with E-state index in [1.807, 2.05) is 54.6 Å². The molecule has 0 atom stereocenters. The monoisotopic (exact) mass is 611 g/mol. The second-order valence-corrected chi connectivity index (χ2v) is 11.6. The summed E-state index contributed by atoms with van der Waals surface area (Å²) in [5, 5.41) is 1.96. The van der Waals surface area contributed by atoms with Crippen LogP contribution in [-0.2, 0) is 6.37 Å². The average Bonchev–Trinajstić information content (AvgIpc) is 3.80. The first-order valence-corrected chi connectivity index (χ1v) is 15.2. The summed E-state index contributed by atoms with van der Waals surface area (Å²) >= 11 is 0. The van der Waals surface area contributed by atoms with Crippen molar-refractivity contribution in [2.24, 2.45) is 0 Å². The number of aromatic nitrogens is 2. The summed E-state index contributed by atoms with van der Waals surface area (Å²) in [6.45, 7) is -3.06. The maximum Gasteiger partial charge on any atom is 0.114 e. The molecule has 9 aromatic rings. The van der Waals surface area contributed by atoms with Crippen LogP contribution in [0.2, 0.25) is 0 Å². The predicted octanol–water partition coefficient (Wildman–Crippen LogP) is 12.0. The molecule has 220 valence electrons. The van der Waals surface area contributed by atoms with E-state index in [1.165, 1.54) is 4.57 Å². The van der Waals surface area contributed by atoms with Crippen molar-refractivity contribution in [1.29, 1.82) is 0 Å². The minimum absolute atomic E-state index is 0.0559. The Balaban J connectivity index is 1.33. The van der Waals surface area contributed by atoms with Gasteiger partial charge in [-0.3, -0.25) is 4.57 Å². The largest absolute Gasteiger partial charge is 0.296 e. The number of aryl methyl sites for hydroxylation is 1. The van der Waals surface area contributed by atoms with Gasteiger partial charge in [0.25, 0.3) is 0 Å². The lowest BCUT2D eigenvalue weighted by Gasteiger charge is -2.19. The van der Waals surface area contributed by atoms with Gasteiger partial charge in [0.1, 0.15) is 5.82 Å². The molecule has 1 aliphatic carbocycles. The second kappa shape index (κ2) is 10.0. The highest BCUT2D eigenvalue weighted by molar-refractivity contribution is 6.26. The fraction of sp³-hybridized carbons (Fsp3) is 0.0444. The molecule has 0 fully saturated rings. The van der Waals surface area contributed by atoms with Gasteiger partial charge in [0.15, 0.2) is 0 Å². The zero-order valence-electron chi connectivity index (χ0n) is 37.7. The Bertz CT molecular complexity index is 3260. The third kappa shape index (κ3) is 3.70. The number of benzene rings is 8. The topological polar surface area (TPSA) is 17.8 Å². The Morgan fingerprint density at radius 3 is 1.87 bits per heavy atom. The van der Waals surface area contributed by atoms with E-state index in [9.17, 15) is 5.48 Å². The highest BCUT2D eigenvalue weighted by Crippen LogP contribution is 2.51. The molecule has 2 heteroatoms. The van der Waals surface area contributed by atoms with Gasteiger partial charge in [0.05, 0.1) is 22.0 Å². The van der Waals surface area contributed by atoms with Crippen LogP contribution in [0, 0.1) is 0 Å². The molecule has 2 nitrogen and oxygen atoms in total. The van der Waals surface area contributed by atoms with Crippen molar-refractivity contribution >= 4 is 43.4 Å². The van der Waals surface area contributed by atoms with Crippen LogP contribution in [0.5, 0.6) is 0 Å². The minimum Gasteiger partial charge on any atom is -0.296 e. The molecule has 0 saturated carbocycles. The van der Waals surface area contributed by atoms with Crippen molar-refractivity contribution < 1.29 is 17.8 Å². The molecule has 0 N–H and O–H groups in total. The summed E-state index contributed by atoms with van der Waals surface area (Å²) in [6, 6.07) is 27.3. The summed E-state index contributed by atoms with van der Waals surface area (Å²) in [7, 11) is 0. The van der Waals surface area contributed by atoms with Gasteiger partial charge in [0, 0.05) is 18.9 Å². The van der Waals surface area contributed by atoms with Crippen molar-refractivity contribution in [1.82, 2.24) is 9.55 Å². The number of imidazole rings is 1. The molecule has 0 radical (unpaired) electrons. The minimum atomic E-state index is -3.06. The SMILES string of the molecule is [2H]c1c([2H])c([2H])c2c(-c3ccc4c5c(cccc35)-c3ccccc3-4)c3c([2H])c([2H])c([2H])c([2H])c3c(-c3ccc(-n4c(C([2H])([2H])C([2H])([2H])[2H])nc5ccccc54)cc3)c2c1[2H]. The molecule has 1 aromatic heterocycles. The zero-order valence-corrected chi connectivity index (χ0v) is 24.7. The van der Waals surface area contributed by atoms with E-state index < -0.39 is 49.5 Å². The number of hydrogen-bond donors (Lipinski definition) is 0. The quantitative estimate of drug-likeness (QED) is 0.181. The standard InChI is InChI=1S/C45H30N2/c1-2-42-46-40-20-9-10-21-41(40)47(42)29-24-22-28(23-25-29)43-33-14-5-7-16-35(33)45(36-17-8-6-15-34(36)43)39-27-26-38-31-13-4-3-12-30(31)32-18-11-19-37(39)44(32)38/h3-27H,2H2,1H3/i1D3,2D2,5D,6D,7D,8D,14D,15D,16D,17D. The van der Waals surface area contributed by atoms with E-state index in [4.69, 9.17) is 12.3 Å². The lowest BCUT2D eigenvalue weighted by molar-refractivity contribution is 0.908. The Morgan fingerprint density at radius 2 is 1.17 bits per heavy atom. The Morgan fingerprint density at radius 1 is 0.574 bits per heavy atom. The number of fused-ring (bicyclic) bond motifs is 6. The maximum absolute atomic E-state index is 9.44. The molecular weight excluding hydrogens is 569 g/mol. The zero-order chi connectivity index (χ0) is 42.3. The third-order valence-corrected chi connectivity index (χ3v) is 9.28. The molecule has 0 amide bonds. The van der Waals surface area contributed by atoms with Crippen LogP contribution in [0.3, 0.4) is 0 Å². The molecule has 47 heavy (non-hydrogen) atoms. The first kappa shape index (κ1) is 16.5. The molecule has 1 heterocycles. The summed E-state index contributed by atoms with van der Waals surface area (Å²) < 4.78 is 116. The lowest BCUT2D eigenvalue weighted by atomic mass is 9.84. The first-order valence-electron chi connectivity index (χ1n) is 21.7. The van der Waals surface area contributed by atoms with E-state index in [-0.39, 0.29) is 50.6 Å². The van der Waals surface area contributed by atoms with Gasteiger partial charge < -0.3 is 0 Å². The van der Waals surface area contributed by atoms with E-state index in [1.54, 1.807) is 48.5 Å². The molecular formula is C45H30N2. The van der Waals surface area contributed by atoms with Gasteiger partial charge in [-0.1, -0.05) is 134 Å². The van der Waals surface area contributed by atoms with Crippen LogP contribution in [0.4, 0.5) is 0 Å². The molecule has 0 bridgehead atoms. The molecule has 0 aliphatic heterocycles. The summed E-state index contributed by atoms with van der Waals surface area (Å²) in [5.74, 6) is -0.339. The van der Waals surface area contributed by atoms with Gasteiger partial charge >= 0.3 is 0 Å².